The molecule has 2 aromatic heterocycles. The highest BCUT2D eigenvalue weighted by atomic mass is 16.5. The van der Waals surface area contributed by atoms with E-state index in [-0.39, 0.29) is 6.61 Å². The van der Waals surface area contributed by atoms with E-state index < -0.39 is 5.97 Å². The molecule has 0 fully saturated rings. The molecule has 0 atom stereocenters. The topological polar surface area (TPSA) is 57.0 Å². The first-order valence-electron chi connectivity index (χ1n) is 12.5. The van der Waals surface area contributed by atoms with Gasteiger partial charge in [-0.25, -0.2) is 14.5 Å². The lowest BCUT2D eigenvalue weighted by molar-refractivity contribution is 0.0475. The molecule has 0 amide bonds. The minimum absolute atomic E-state index is 0.0897. The predicted molar refractivity (Wildman–Crippen MR) is 150 cm³/mol. The Morgan fingerprint density at radius 2 is 1.47 bits per heavy atom. The van der Waals surface area contributed by atoms with E-state index in [9.17, 15) is 4.79 Å². The van der Waals surface area contributed by atoms with Gasteiger partial charge >= 0.3 is 5.97 Å². The van der Waals surface area contributed by atoms with Crippen molar-refractivity contribution in [3.05, 3.63) is 138 Å². The summed E-state index contributed by atoms with van der Waals surface area (Å²) in [5.41, 5.74) is 7.59. The van der Waals surface area contributed by atoms with Gasteiger partial charge in [-0.1, -0.05) is 96.6 Å². The number of fused-ring (bicyclic) bond motifs is 1. The van der Waals surface area contributed by atoms with Gasteiger partial charge in [-0.2, -0.15) is 5.10 Å². The second-order valence-electron chi connectivity index (χ2n) is 9.16. The molecule has 6 aromatic rings. The van der Waals surface area contributed by atoms with Crippen LogP contribution >= 0.6 is 0 Å². The summed E-state index contributed by atoms with van der Waals surface area (Å²) < 4.78 is 7.75. The van der Waals surface area contributed by atoms with Crippen molar-refractivity contribution in [2.45, 2.75) is 13.5 Å². The molecule has 0 aliphatic carbocycles. The molecule has 5 heteroatoms. The Morgan fingerprint density at radius 1 is 0.789 bits per heavy atom. The van der Waals surface area contributed by atoms with Crippen LogP contribution in [0.1, 0.15) is 21.5 Å². The minimum atomic E-state index is -0.400. The number of pyridine rings is 1. The van der Waals surface area contributed by atoms with E-state index >= 15 is 0 Å². The van der Waals surface area contributed by atoms with Crippen molar-refractivity contribution in [3.63, 3.8) is 0 Å². The number of rotatable bonds is 6. The average molecular weight is 496 g/mol. The molecular formula is C33H25N3O2. The molecule has 5 nitrogen and oxygen atoms in total. The fraction of sp³-hybridized carbons (Fsp3) is 0.0606. The maximum atomic E-state index is 13.5. The number of carbonyl (C=O) groups excluding carboxylic acids is 1. The first-order chi connectivity index (χ1) is 18.7. The number of benzene rings is 4. The van der Waals surface area contributed by atoms with Gasteiger partial charge in [-0.15, -0.1) is 0 Å². The zero-order chi connectivity index (χ0) is 25.9. The first-order valence-corrected chi connectivity index (χ1v) is 12.5. The Bertz CT molecular complexity index is 1720. The van der Waals surface area contributed by atoms with Crippen LogP contribution < -0.4 is 0 Å². The van der Waals surface area contributed by atoms with Gasteiger partial charge in [0.15, 0.2) is 0 Å². The van der Waals surface area contributed by atoms with Crippen LogP contribution in [0.2, 0.25) is 0 Å². The number of nitrogens with zero attached hydrogens (tertiary/aromatic N) is 3. The van der Waals surface area contributed by atoms with Gasteiger partial charge in [-0.05, 0) is 31.2 Å². The van der Waals surface area contributed by atoms with Gasteiger partial charge in [0.1, 0.15) is 6.61 Å². The lowest BCUT2D eigenvalue weighted by Crippen LogP contribution is -2.07. The fourth-order valence-electron chi connectivity index (χ4n) is 4.50. The summed E-state index contributed by atoms with van der Waals surface area (Å²) in [6.45, 7) is 2.14. The van der Waals surface area contributed by atoms with E-state index in [1.165, 1.54) is 5.56 Å². The Labute approximate surface area is 221 Å². The molecule has 4 aromatic carbocycles. The van der Waals surface area contributed by atoms with Crippen molar-refractivity contribution in [1.29, 1.82) is 0 Å². The molecule has 0 radical (unpaired) electrons. The zero-order valence-corrected chi connectivity index (χ0v) is 20.9. The van der Waals surface area contributed by atoms with Crippen LogP contribution in [0.15, 0.2) is 121 Å². The van der Waals surface area contributed by atoms with Crippen LogP contribution in [0, 0.1) is 6.92 Å². The van der Waals surface area contributed by atoms with E-state index in [0.29, 0.717) is 5.56 Å². The van der Waals surface area contributed by atoms with E-state index in [2.05, 4.69) is 0 Å². The molecule has 0 spiro atoms. The number of esters is 1. The third kappa shape index (κ3) is 4.70. The third-order valence-corrected chi connectivity index (χ3v) is 6.50. The maximum absolute atomic E-state index is 13.5. The second kappa shape index (κ2) is 10.1. The van der Waals surface area contributed by atoms with Gasteiger partial charge in [0, 0.05) is 28.3 Å². The van der Waals surface area contributed by atoms with Crippen LogP contribution in [0.4, 0.5) is 0 Å². The Balaban J connectivity index is 1.35. The number of hydrogen-bond acceptors (Lipinski definition) is 4. The van der Waals surface area contributed by atoms with Gasteiger partial charge in [0.25, 0.3) is 0 Å². The van der Waals surface area contributed by atoms with Gasteiger partial charge in [-0.3, -0.25) is 0 Å². The number of hydrogen-bond donors (Lipinski definition) is 0. The highest BCUT2D eigenvalue weighted by molar-refractivity contribution is 6.04. The average Bonchev–Trinajstić information content (AvgIpc) is 3.41. The van der Waals surface area contributed by atoms with Crippen molar-refractivity contribution in [2.24, 2.45) is 0 Å². The van der Waals surface area contributed by atoms with Crippen LogP contribution in [-0.2, 0) is 11.3 Å². The largest absolute Gasteiger partial charge is 0.457 e. The van der Waals surface area contributed by atoms with Gasteiger partial charge in [0.05, 0.1) is 28.2 Å². The number of ether oxygens (including phenoxy) is 1. The summed E-state index contributed by atoms with van der Waals surface area (Å²) >= 11 is 0. The van der Waals surface area contributed by atoms with Crippen molar-refractivity contribution in [1.82, 2.24) is 14.8 Å². The Kier molecular flexibility index (Phi) is 6.24. The summed E-state index contributed by atoms with van der Waals surface area (Å²) in [4.78, 5) is 18.3. The van der Waals surface area contributed by atoms with Crippen molar-refractivity contribution in [2.75, 3.05) is 0 Å². The Hall–Kier alpha value is -5.03. The summed E-state index contributed by atoms with van der Waals surface area (Å²) in [6, 6.07) is 37.4. The van der Waals surface area contributed by atoms with E-state index in [1.54, 1.807) is 0 Å². The third-order valence-electron chi connectivity index (χ3n) is 6.50. The molecule has 0 unspecified atom stereocenters. The van der Waals surface area contributed by atoms with E-state index in [1.807, 2.05) is 133 Å². The van der Waals surface area contributed by atoms with Crippen molar-refractivity contribution >= 4 is 16.9 Å². The molecular weight excluding hydrogens is 470 g/mol. The molecule has 6 rings (SSSR count). The SMILES string of the molecule is Cc1ccc(-c2cc(C(=O)OCc3cn(-c4ccccc4)nc3-c3ccccc3)c3ccccc3n2)cc1. The van der Waals surface area contributed by atoms with E-state index in [4.69, 9.17) is 14.8 Å². The summed E-state index contributed by atoms with van der Waals surface area (Å²) in [5.74, 6) is -0.400. The number of aromatic nitrogens is 3. The molecule has 0 saturated heterocycles. The van der Waals surface area contributed by atoms with Crippen LogP contribution in [0.3, 0.4) is 0 Å². The van der Waals surface area contributed by atoms with Crippen LogP contribution in [0.25, 0.3) is 39.1 Å². The molecule has 0 aliphatic rings. The molecule has 0 N–H and O–H groups in total. The lowest BCUT2D eigenvalue weighted by atomic mass is 10.0. The van der Waals surface area contributed by atoms with Crippen molar-refractivity contribution < 1.29 is 9.53 Å². The highest BCUT2D eigenvalue weighted by Gasteiger charge is 2.18. The fourth-order valence-corrected chi connectivity index (χ4v) is 4.50. The molecule has 184 valence electrons. The molecule has 2 heterocycles. The first kappa shape index (κ1) is 23.4. The van der Waals surface area contributed by atoms with Crippen LogP contribution in [0.5, 0.6) is 0 Å². The van der Waals surface area contributed by atoms with Crippen LogP contribution in [-0.4, -0.2) is 20.7 Å². The number of carbonyl (C=O) groups is 1. The predicted octanol–water partition coefficient (Wildman–Crippen LogP) is 7.42. The summed E-state index contributed by atoms with van der Waals surface area (Å²) in [7, 11) is 0. The zero-order valence-electron chi connectivity index (χ0n) is 20.9. The standard InChI is InChI=1S/C33H25N3O2/c1-23-16-18-24(19-17-23)31-20-29(28-14-8-9-15-30(28)34-31)33(37)38-22-26-21-36(27-12-6-3-7-13-27)35-32(26)25-10-4-2-5-11-25/h2-21H,22H2,1H3. The normalized spacial score (nSPS) is 11.0. The highest BCUT2D eigenvalue weighted by Crippen LogP contribution is 2.28. The minimum Gasteiger partial charge on any atom is -0.457 e. The summed E-state index contributed by atoms with van der Waals surface area (Å²) in [5, 5.41) is 5.59. The monoisotopic (exact) mass is 495 g/mol. The number of aryl methyl sites for hydroxylation is 1. The van der Waals surface area contributed by atoms with Gasteiger partial charge in [0.2, 0.25) is 0 Å². The summed E-state index contributed by atoms with van der Waals surface area (Å²) in [6.07, 6.45) is 1.92. The molecule has 0 aliphatic heterocycles. The van der Waals surface area contributed by atoms with Crippen molar-refractivity contribution in [3.8, 4) is 28.2 Å². The van der Waals surface area contributed by atoms with E-state index in [0.717, 1.165) is 44.7 Å². The Morgan fingerprint density at radius 3 is 2.24 bits per heavy atom. The lowest BCUT2D eigenvalue weighted by Gasteiger charge is -2.10. The molecule has 0 bridgehead atoms. The smallest absolute Gasteiger partial charge is 0.339 e. The number of para-hydroxylation sites is 2. The molecule has 38 heavy (non-hydrogen) atoms. The van der Waals surface area contributed by atoms with Gasteiger partial charge < -0.3 is 4.74 Å². The second-order valence-corrected chi connectivity index (χ2v) is 9.16. The maximum Gasteiger partial charge on any atom is 0.339 e. The quantitative estimate of drug-likeness (QED) is 0.226. The molecule has 0 saturated carbocycles.